The Bertz CT molecular complexity index is 67.3. The molecule has 1 aromatic rings. The molecule has 0 aliphatic rings. The average molecular weight is 101 g/mol. The van der Waals surface area contributed by atoms with Crippen LogP contribution >= 0.6 is 13.5 Å². The SMILES string of the molecule is [S].c1cocn1. The van der Waals surface area contributed by atoms with E-state index in [1.165, 1.54) is 12.7 Å². The molecule has 0 bridgehead atoms. The van der Waals surface area contributed by atoms with Crippen molar-refractivity contribution in [2.75, 3.05) is 0 Å². The van der Waals surface area contributed by atoms with E-state index in [1.807, 2.05) is 0 Å². The molecule has 1 aromatic heterocycles. The molecule has 2 radical (unpaired) electrons. The van der Waals surface area contributed by atoms with Crippen LogP contribution in [0, 0.1) is 0 Å². The minimum absolute atomic E-state index is 0. The first-order chi connectivity index (χ1) is 2.50. The predicted molar refractivity (Wildman–Crippen MR) is 24.1 cm³/mol. The molecule has 0 aliphatic carbocycles. The van der Waals surface area contributed by atoms with Crippen LogP contribution in [0.15, 0.2) is 23.3 Å². The normalized spacial score (nSPS) is 6.67. The minimum atomic E-state index is 0. The summed E-state index contributed by atoms with van der Waals surface area (Å²) in [4.78, 5) is 3.56. The van der Waals surface area contributed by atoms with Crippen LogP contribution in [0.25, 0.3) is 0 Å². The third-order valence-electron chi connectivity index (χ3n) is 0.347. The van der Waals surface area contributed by atoms with E-state index >= 15 is 0 Å². The van der Waals surface area contributed by atoms with Crippen LogP contribution in [0.4, 0.5) is 0 Å². The molecule has 2 nitrogen and oxygen atoms in total. The second-order valence-corrected chi connectivity index (χ2v) is 0.676. The number of nitrogens with zero attached hydrogens (tertiary/aromatic N) is 1. The second kappa shape index (κ2) is 2.78. The molecule has 0 aromatic carbocycles. The van der Waals surface area contributed by atoms with E-state index in [9.17, 15) is 0 Å². The molecule has 0 amide bonds. The van der Waals surface area contributed by atoms with Crippen molar-refractivity contribution in [1.29, 1.82) is 0 Å². The summed E-state index contributed by atoms with van der Waals surface area (Å²) >= 11 is 0. The van der Waals surface area contributed by atoms with Gasteiger partial charge in [-0.15, -0.1) is 0 Å². The summed E-state index contributed by atoms with van der Waals surface area (Å²) < 4.78 is 4.47. The number of hydrogen-bond acceptors (Lipinski definition) is 2. The van der Waals surface area contributed by atoms with Crippen LogP contribution < -0.4 is 0 Å². The zero-order valence-electron chi connectivity index (χ0n) is 3.00. The van der Waals surface area contributed by atoms with Crippen molar-refractivity contribution >= 4 is 13.5 Å². The highest BCUT2D eigenvalue weighted by Crippen LogP contribution is 1.72. The molecule has 0 spiro atoms. The molecule has 0 saturated carbocycles. The van der Waals surface area contributed by atoms with Gasteiger partial charge in [0.1, 0.15) is 6.26 Å². The Morgan fingerprint density at radius 3 is 2.50 bits per heavy atom. The van der Waals surface area contributed by atoms with Gasteiger partial charge >= 0.3 is 0 Å². The zero-order valence-corrected chi connectivity index (χ0v) is 3.81. The van der Waals surface area contributed by atoms with Gasteiger partial charge < -0.3 is 4.42 Å². The molecular weight excluding hydrogens is 98.1 g/mol. The molecule has 0 N–H and O–H groups in total. The van der Waals surface area contributed by atoms with Crippen molar-refractivity contribution in [1.82, 2.24) is 4.98 Å². The minimum Gasteiger partial charge on any atom is -0.452 e. The highest BCUT2D eigenvalue weighted by molar-refractivity contribution is 7.59. The maximum atomic E-state index is 4.47. The highest BCUT2D eigenvalue weighted by atomic mass is 32.1. The Morgan fingerprint density at radius 1 is 1.50 bits per heavy atom. The Morgan fingerprint density at radius 2 is 2.33 bits per heavy atom. The maximum Gasteiger partial charge on any atom is 0.180 e. The number of oxazole rings is 1. The van der Waals surface area contributed by atoms with Crippen molar-refractivity contribution in [2.45, 2.75) is 0 Å². The molecule has 0 fully saturated rings. The van der Waals surface area contributed by atoms with E-state index in [2.05, 4.69) is 9.40 Å². The van der Waals surface area contributed by atoms with E-state index in [1.54, 1.807) is 6.20 Å². The van der Waals surface area contributed by atoms with Crippen LogP contribution in [0.2, 0.25) is 0 Å². The Balaban J connectivity index is 0.000000250. The summed E-state index contributed by atoms with van der Waals surface area (Å²) in [5.41, 5.74) is 0. The topological polar surface area (TPSA) is 26.0 Å². The highest BCUT2D eigenvalue weighted by Gasteiger charge is 1.59. The monoisotopic (exact) mass is 101 g/mol. The zero-order chi connectivity index (χ0) is 3.54. The molecule has 6 heavy (non-hydrogen) atoms. The Labute approximate surface area is 42.6 Å². The maximum absolute atomic E-state index is 4.47. The summed E-state index contributed by atoms with van der Waals surface area (Å²) in [6, 6.07) is 0. The third kappa shape index (κ3) is 1.12. The van der Waals surface area contributed by atoms with Gasteiger partial charge in [-0.1, -0.05) is 0 Å². The van der Waals surface area contributed by atoms with Gasteiger partial charge in [0.25, 0.3) is 0 Å². The predicted octanol–water partition coefficient (Wildman–Crippen LogP) is 1.32. The second-order valence-electron chi connectivity index (χ2n) is 0.676. The van der Waals surface area contributed by atoms with Gasteiger partial charge in [-0.2, -0.15) is 0 Å². The molecule has 1 rings (SSSR count). The average Bonchev–Trinajstić information content (AvgIpc) is 1.76. The Kier molecular flexibility index (Phi) is 2.58. The number of aromatic nitrogens is 1. The van der Waals surface area contributed by atoms with Crippen LogP contribution in [0.1, 0.15) is 0 Å². The van der Waals surface area contributed by atoms with Gasteiger partial charge in [-0.25, -0.2) is 4.98 Å². The van der Waals surface area contributed by atoms with Gasteiger partial charge in [-0.05, 0) is 0 Å². The third-order valence-corrected chi connectivity index (χ3v) is 0.347. The first kappa shape index (κ1) is 5.56. The molecule has 0 saturated heterocycles. The van der Waals surface area contributed by atoms with E-state index in [0.29, 0.717) is 0 Å². The van der Waals surface area contributed by atoms with Crippen molar-refractivity contribution in [2.24, 2.45) is 0 Å². The largest absolute Gasteiger partial charge is 0.452 e. The first-order valence-electron chi connectivity index (χ1n) is 1.32. The molecule has 0 atom stereocenters. The summed E-state index contributed by atoms with van der Waals surface area (Å²) in [6.07, 6.45) is 4.47. The lowest BCUT2D eigenvalue weighted by molar-refractivity contribution is 0.558. The summed E-state index contributed by atoms with van der Waals surface area (Å²) in [7, 11) is 0. The fourth-order valence-corrected chi connectivity index (χ4v) is 0.176. The molecule has 1 heterocycles. The number of hydrogen-bond donors (Lipinski definition) is 0. The quantitative estimate of drug-likeness (QED) is 0.492. The van der Waals surface area contributed by atoms with Crippen molar-refractivity contribution < 1.29 is 4.42 Å². The van der Waals surface area contributed by atoms with Gasteiger partial charge in [0.2, 0.25) is 0 Å². The lowest BCUT2D eigenvalue weighted by Crippen LogP contribution is -1.38. The lowest BCUT2D eigenvalue weighted by Gasteiger charge is -1.47. The van der Waals surface area contributed by atoms with Crippen molar-refractivity contribution in [3.05, 3.63) is 18.9 Å². The van der Waals surface area contributed by atoms with E-state index < -0.39 is 0 Å². The molecule has 0 aliphatic heterocycles. The van der Waals surface area contributed by atoms with Crippen LogP contribution in [0.3, 0.4) is 0 Å². The fourth-order valence-electron chi connectivity index (χ4n) is 0.176. The Hall–Kier alpha value is -0.440. The van der Waals surface area contributed by atoms with Gasteiger partial charge in [0, 0.05) is 13.5 Å². The van der Waals surface area contributed by atoms with Crippen molar-refractivity contribution in [3.8, 4) is 0 Å². The van der Waals surface area contributed by atoms with Crippen molar-refractivity contribution in [3.63, 3.8) is 0 Å². The number of rotatable bonds is 0. The van der Waals surface area contributed by atoms with Crippen LogP contribution in [-0.4, -0.2) is 4.98 Å². The van der Waals surface area contributed by atoms with Gasteiger partial charge in [0.05, 0.1) is 6.20 Å². The smallest absolute Gasteiger partial charge is 0.180 e. The fraction of sp³-hybridized carbons (Fsp3) is 0. The van der Waals surface area contributed by atoms with Gasteiger partial charge in [-0.3, -0.25) is 0 Å². The van der Waals surface area contributed by atoms with Crippen LogP contribution in [-0.2, 0) is 0 Å². The molecular formula is C3H3NOS. The summed E-state index contributed by atoms with van der Waals surface area (Å²) in [5, 5.41) is 0. The summed E-state index contributed by atoms with van der Waals surface area (Å²) in [6.45, 7) is 0. The summed E-state index contributed by atoms with van der Waals surface area (Å²) in [5.74, 6) is 0. The first-order valence-corrected chi connectivity index (χ1v) is 1.32. The standard InChI is InChI=1S/C3H3NO.S/c1-2-5-3-4-1;/h1-3H;. The van der Waals surface area contributed by atoms with E-state index in [-0.39, 0.29) is 13.5 Å². The van der Waals surface area contributed by atoms with E-state index in [0.717, 1.165) is 0 Å². The molecule has 32 valence electrons. The van der Waals surface area contributed by atoms with Gasteiger partial charge in [0.15, 0.2) is 6.39 Å². The molecule has 3 heteroatoms. The molecule has 0 unspecified atom stereocenters. The van der Waals surface area contributed by atoms with E-state index in [4.69, 9.17) is 0 Å². The van der Waals surface area contributed by atoms with Crippen LogP contribution in [0.5, 0.6) is 0 Å². The lowest BCUT2D eigenvalue weighted by atomic mass is 11.0.